The Bertz CT molecular complexity index is 711. The van der Waals surface area contributed by atoms with Gasteiger partial charge in [-0.1, -0.05) is 18.2 Å². The van der Waals surface area contributed by atoms with Gasteiger partial charge in [0.1, 0.15) is 6.04 Å². The Morgan fingerprint density at radius 3 is 2.73 bits per heavy atom. The van der Waals surface area contributed by atoms with Crippen LogP contribution in [0.2, 0.25) is 0 Å². The maximum Gasteiger partial charge on any atom is 0.326 e. The summed E-state index contributed by atoms with van der Waals surface area (Å²) >= 11 is 0. The monoisotopic (exact) mass is 300 g/mol. The zero-order valence-electron chi connectivity index (χ0n) is 12.1. The summed E-state index contributed by atoms with van der Waals surface area (Å²) in [6.07, 6.45) is 1.86. The predicted octanol–water partition coefficient (Wildman–Crippen LogP) is 1.46. The van der Waals surface area contributed by atoms with Gasteiger partial charge in [0, 0.05) is 19.2 Å². The van der Waals surface area contributed by atoms with Gasteiger partial charge in [-0.05, 0) is 12.1 Å². The number of urea groups is 1. The van der Waals surface area contributed by atoms with Crippen molar-refractivity contribution >= 4 is 17.7 Å². The molecule has 114 valence electrons. The third-order valence-electron chi connectivity index (χ3n) is 3.80. The van der Waals surface area contributed by atoms with Crippen LogP contribution < -0.4 is 5.32 Å². The molecular formula is C15H16N4O3. The first-order valence-electron chi connectivity index (χ1n) is 6.91. The molecule has 1 aromatic carbocycles. The molecule has 1 aliphatic heterocycles. The first-order chi connectivity index (χ1) is 10.6. The second-order valence-electron chi connectivity index (χ2n) is 5.23. The zero-order chi connectivity index (χ0) is 15.7. The summed E-state index contributed by atoms with van der Waals surface area (Å²) in [5.41, 5.74) is 2.23. The summed E-state index contributed by atoms with van der Waals surface area (Å²) in [7, 11) is 1.83. The normalized spacial score (nSPS) is 17.0. The Morgan fingerprint density at radius 2 is 2.05 bits per heavy atom. The van der Waals surface area contributed by atoms with Gasteiger partial charge >= 0.3 is 12.0 Å². The van der Waals surface area contributed by atoms with Crippen LogP contribution in [0.4, 0.5) is 10.5 Å². The topological polar surface area (TPSA) is 87.5 Å². The van der Waals surface area contributed by atoms with Gasteiger partial charge in [0.05, 0.1) is 24.3 Å². The molecule has 7 heteroatoms. The molecule has 0 aliphatic carbocycles. The summed E-state index contributed by atoms with van der Waals surface area (Å²) < 4.78 is 1.82. The van der Waals surface area contributed by atoms with Gasteiger partial charge in [0.2, 0.25) is 0 Å². The molecule has 0 radical (unpaired) electrons. The van der Waals surface area contributed by atoms with E-state index in [4.69, 9.17) is 0 Å². The van der Waals surface area contributed by atoms with Gasteiger partial charge < -0.3 is 19.9 Å². The number of amides is 2. The van der Waals surface area contributed by atoms with Crippen molar-refractivity contribution in [2.24, 2.45) is 7.05 Å². The minimum Gasteiger partial charge on any atom is -0.480 e. The molecule has 0 saturated carbocycles. The van der Waals surface area contributed by atoms with E-state index in [1.165, 1.54) is 4.90 Å². The number of rotatable bonds is 2. The molecule has 0 saturated heterocycles. The third kappa shape index (κ3) is 2.52. The highest BCUT2D eigenvalue weighted by molar-refractivity contribution is 5.92. The minimum atomic E-state index is -1.03. The molecule has 0 spiro atoms. The number of hydrogen-bond donors (Lipinski definition) is 2. The first-order valence-corrected chi connectivity index (χ1v) is 6.91. The molecule has 1 aliphatic rings. The Balaban J connectivity index is 1.85. The number of anilines is 1. The molecule has 0 fully saturated rings. The van der Waals surface area contributed by atoms with E-state index in [1.54, 1.807) is 30.6 Å². The highest BCUT2D eigenvalue weighted by Gasteiger charge is 2.36. The van der Waals surface area contributed by atoms with E-state index in [0.29, 0.717) is 5.69 Å². The standard InChI is InChI=1S/C15H16N4O3/c1-18-9-16-11-7-12(14(20)21)19(8-13(11)18)15(22)17-10-5-3-2-4-6-10/h2-6,9,12H,7-8H2,1H3,(H,17,22)(H,20,21). The number of nitrogens with zero attached hydrogens (tertiary/aromatic N) is 3. The van der Waals surface area contributed by atoms with Crippen LogP contribution in [0.1, 0.15) is 11.4 Å². The van der Waals surface area contributed by atoms with Crippen molar-refractivity contribution in [2.45, 2.75) is 19.0 Å². The number of carbonyl (C=O) groups excluding carboxylic acids is 1. The van der Waals surface area contributed by atoms with E-state index >= 15 is 0 Å². The van der Waals surface area contributed by atoms with Gasteiger partial charge in [0.25, 0.3) is 0 Å². The lowest BCUT2D eigenvalue weighted by atomic mass is 10.0. The fourth-order valence-corrected chi connectivity index (χ4v) is 2.59. The van der Waals surface area contributed by atoms with E-state index in [-0.39, 0.29) is 13.0 Å². The maximum atomic E-state index is 12.4. The van der Waals surface area contributed by atoms with Gasteiger partial charge in [0.15, 0.2) is 0 Å². The summed E-state index contributed by atoms with van der Waals surface area (Å²) in [5, 5.41) is 12.1. The lowest BCUT2D eigenvalue weighted by molar-refractivity contribution is -0.142. The Morgan fingerprint density at radius 1 is 1.32 bits per heavy atom. The van der Waals surface area contributed by atoms with Crippen molar-refractivity contribution in [2.75, 3.05) is 5.32 Å². The van der Waals surface area contributed by atoms with Gasteiger partial charge in [-0.3, -0.25) is 0 Å². The van der Waals surface area contributed by atoms with Crippen LogP contribution in [0.15, 0.2) is 36.7 Å². The second kappa shape index (κ2) is 5.51. The summed E-state index contributed by atoms with van der Waals surface area (Å²) in [6, 6.07) is 7.63. The number of imidazole rings is 1. The van der Waals surface area contributed by atoms with Crippen LogP contribution in [-0.4, -0.2) is 37.6 Å². The Hall–Kier alpha value is -2.83. The average Bonchev–Trinajstić information content (AvgIpc) is 2.88. The number of hydrogen-bond acceptors (Lipinski definition) is 3. The third-order valence-corrected chi connectivity index (χ3v) is 3.80. The van der Waals surface area contributed by atoms with Crippen molar-refractivity contribution in [3.8, 4) is 0 Å². The second-order valence-corrected chi connectivity index (χ2v) is 5.23. The molecule has 2 amide bonds. The largest absolute Gasteiger partial charge is 0.480 e. The number of carbonyl (C=O) groups is 2. The number of nitrogens with one attached hydrogen (secondary N) is 1. The summed E-state index contributed by atoms with van der Waals surface area (Å²) in [6.45, 7) is 0.224. The quantitative estimate of drug-likeness (QED) is 0.879. The molecule has 0 bridgehead atoms. The van der Waals surface area contributed by atoms with Crippen LogP contribution in [-0.2, 0) is 24.8 Å². The number of carboxylic acid groups (broad SMARTS) is 1. The zero-order valence-corrected chi connectivity index (χ0v) is 12.1. The van der Waals surface area contributed by atoms with E-state index in [0.717, 1.165) is 11.4 Å². The number of para-hydroxylation sites is 1. The maximum absolute atomic E-state index is 12.4. The van der Waals surface area contributed by atoms with Crippen molar-refractivity contribution in [1.82, 2.24) is 14.5 Å². The molecule has 3 rings (SSSR count). The highest BCUT2D eigenvalue weighted by Crippen LogP contribution is 2.23. The molecule has 1 unspecified atom stereocenters. The lowest BCUT2D eigenvalue weighted by Gasteiger charge is -2.32. The van der Waals surface area contributed by atoms with Gasteiger partial charge in [-0.15, -0.1) is 0 Å². The van der Waals surface area contributed by atoms with Crippen molar-refractivity contribution in [3.63, 3.8) is 0 Å². The number of aromatic nitrogens is 2. The van der Waals surface area contributed by atoms with Gasteiger partial charge in [-0.25, -0.2) is 14.6 Å². The van der Waals surface area contributed by atoms with E-state index in [2.05, 4.69) is 10.3 Å². The van der Waals surface area contributed by atoms with Crippen LogP contribution in [0.25, 0.3) is 0 Å². The summed E-state index contributed by atoms with van der Waals surface area (Å²) in [4.78, 5) is 29.5. The van der Waals surface area contributed by atoms with Crippen molar-refractivity contribution < 1.29 is 14.7 Å². The smallest absolute Gasteiger partial charge is 0.326 e. The van der Waals surface area contributed by atoms with Crippen molar-refractivity contribution in [3.05, 3.63) is 48.0 Å². The number of aryl methyl sites for hydroxylation is 1. The molecule has 2 heterocycles. The minimum absolute atomic E-state index is 0.216. The molecule has 2 N–H and O–H groups in total. The van der Waals surface area contributed by atoms with Crippen LogP contribution >= 0.6 is 0 Å². The lowest BCUT2D eigenvalue weighted by Crippen LogP contribution is -2.50. The van der Waals surface area contributed by atoms with Gasteiger partial charge in [-0.2, -0.15) is 0 Å². The van der Waals surface area contributed by atoms with E-state index in [1.807, 2.05) is 17.7 Å². The number of benzene rings is 1. The number of carboxylic acids is 1. The highest BCUT2D eigenvalue weighted by atomic mass is 16.4. The van der Waals surface area contributed by atoms with Crippen molar-refractivity contribution in [1.29, 1.82) is 0 Å². The first kappa shape index (κ1) is 14.1. The molecule has 7 nitrogen and oxygen atoms in total. The van der Waals surface area contributed by atoms with E-state index in [9.17, 15) is 14.7 Å². The van der Waals surface area contributed by atoms with E-state index < -0.39 is 18.0 Å². The fraction of sp³-hybridized carbons (Fsp3) is 0.267. The molecular weight excluding hydrogens is 284 g/mol. The molecule has 1 atom stereocenters. The number of aliphatic carboxylic acids is 1. The molecule has 1 aromatic heterocycles. The summed E-state index contributed by atoms with van der Waals surface area (Å²) in [5.74, 6) is -1.03. The Kier molecular flexibility index (Phi) is 3.54. The predicted molar refractivity (Wildman–Crippen MR) is 79.3 cm³/mol. The SMILES string of the molecule is Cn1cnc2c1CN(C(=O)Nc1ccccc1)C(C(=O)O)C2. The molecule has 22 heavy (non-hydrogen) atoms. The Labute approximate surface area is 127 Å². The van der Waals surface area contributed by atoms with Crippen LogP contribution in [0, 0.1) is 0 Å². The van der Waals surface area contributed by atoms with Crippen LogP contribution in [0.3, 0.4) is 0 Å². The number of fused-ring (bicyclic) bond motifs is 1. The molecule has 2 aromatic rings. The average molecular weight is 300 g/mol. The van der Waals surface area contributed by atoms with Crippen LogP contribution in [0.5, 0.6) is 0 Å². The fourth-order valence-electron chi connectivity index (χ4n) is 2.59.